The van der Waals surface area contributed by atoms with Crippen LogP contribution in [0.15, 0.2) is 0 Å². The molecule has 0 spiro atoms. The zero-order valence-electron chi connectivity index (χ0n) is 10.5. The molecule has 0 radical (unpaired) electrons. The molecule has 1 N–H and O–H groups in total. The first-order valence-corrected chi connectivity index (χ1v) is 5.99. The Morgan fingerprint density at radius 1 is 1.14 bits per heavy atom. The highest BCUT2D eigenvalue weighted by Crippen LogP contribution is 2.26. The predicted molar refractivity (Wildman–Crippen MR) is 62.5 cm³/mol. The molecule has 0 aliphatic carbocycles. The summed E-state index contributed by atoms with van der Waals surface area (Å²) in [7, 11) is 0. The van der Waals surface area contributed by atoms with Crippen LogP contribution in [0.1, 0.15) is 53.9 Å². The highest BCUT2D eigenvalue weighted by Gasteiger charge is 2.34. The molecule has 0 aliphatic rings. The Hall–Kier alpha value is -0.0800. The Kier molecular flexibility index (Phi) is 6.38. The van der Waals surface area contributed by atoms with Gasteiger partial charge in [0, 0.05) is 5.54 Å². The molecule has 0 aromatic rings. The summed E-state index contributed by atoms with van der Waals surface area (Å²) in [5, 5.41) is 10.2. The van der Waals surface area contributed by atoms with Crippen molar-refractivity contribution >= 4 is 0 Å². The van der Waals surface area contributed by atoms with Crippen molar-refractivity contribution in [2.45, 2.75) is 65.5 Å². The maximum absolute atomic E-state index is 10.2. The highest BCUT2D eigenvalue weighted by atomic mass is 16.3. The van der Waals surface area contributed by atoms with Gasteiger partial charge in [0.05, 0.1) is 6.10 Å². The Morgan fingerprint density at radius 3 is 1.93 bits per heavy atom. The van der Waals surface area contributed by atoms with Crippen LogP contribution in [0.4, 0.5) is 0 Å². The highest BCUT2D eigenvalue weighted by molar-refractivity contribution is 4.90. The van der Waals surface area contributed by atoms with Crippen molar-refractivity contribution in [2.24, 2.45) is 0 Å². The van der Waals surface area contributed by atoms with Crippen molar-refractivity contribution in [3.63, 3.8) is 0 Å². The number of hydrogen-bond acceptors (Lipinski definition) is 2. The molecule has 2 heteroatoms. The van der Waals surface area contributed by atoms with Crippen molar-refractivity contribution in [3.05, 3.63) is 0 Å². The van der Waals surface area contributed by atoms with Crippen LogP contribution in [0.25, 0.3) is 0 Å². The third-order valence-corrected chi connectivity index (χ3v) is 3.48. The van der Waals surface area contributed by atoms with Gasteiger partial charge in [-0.05, 0) is 32.9 Å². The van der Waals surface area contributed by atoms with E-state index in [2.05, 4.69) is 39.5 Å². The zero-order chi connectivity index (χ0) is 11.2. The second kappa shape index (κ2) is 6.41. The molecule has 0 amide bonds. The fourth-order valence-electron chi connectivity index (χ4n) is 2.20. The number of hydrogen-bond donors (Lipinski definition) is 1. The first kappa shape index (κ1) is 13.9. The minimum absolute atomic E-state index is 0.0422. The normalized spacial score (nSPS) is 18.2. The van der Waals surface area contributed by atoms with Gasteiger partial charge in [-0.3, -0.25) is 4.90 Å². The summed E-state index contributed by atoms with van der Waals surface area (Å²) in [6, 6.07) is 0. The fourth-order valence-corrected chi connectivity index (χ4v) is 2.20. The monoisotopic (exact) mass is 201 g/mol. The molecule has 0 fully saturated rings. The topological polar surface area (TPSA) is 23.5 Å². The summed E-state index contributed by atoms with van der Waals surface area (Å²) in [5.74, 6) is 0. The van der Waals surface area contributed by atoms with Gasteiger partial charge in [-0.15, -0.1) is 0 Å². The van der Waals surface area contributed by atoms with Gasteiger partial charge < -0.3 is 5.11 Å². The summed E-state index contributed by atoms with van der Waals surface area (Å²) >= 11 is 0. The van der Waals surface area contributed by atoms with Gasteiger partial charge in [-0.25, -0.2) is 0 Å². The van der Waals surface area contributed by atoms with Gasteiger partial charge in [0.2, 0.25) is 0 Å². The quantitative estimate of drug-likeness (QED) is 0.684. The summed E-state index contributed by atoms with van der Waals surface area (Å²) in [6.45, 7) is 12.8. The second-order valence-corrected chi connectivity index (χ2v) is 4.19. The van der Waals surface area contributed by atoms with Crippen molar-refractivity contribution in [1.29, 1.82) is 0 Å². The van der Waals surface area contributed by atoms with E-state index >= 15 is 0 Å². The number of aliphatic hydroxyl groups excluding tert-OH is 1. The molecule has 0 heterocycles. The fraction of sp³-hybridized carbons (Fsp3) is 1.00. The van der Waals surface area contributed by atoms with Gasteiger partial charge in [-0.2, -0.15) is 0 Å². The molecule has 2 unspecified atom stereocenters. The Bertz CT molecular complexity index is 145. The van der Waals surface area contributed by atoms with E-state index in [1.165, 1.54) is 0 Å². The second-order valence-electron chi connectivity index (χ2n) is 4.19. The van der Waals surface area contributed by atoms with Crippen LogP contribution in [0.2, 0.25) is 0 Å². The molecule has 86 valence electrons. The molecule has 2 atom stereocenters. The van der Waals surface area contributed by atoms with E-state index in [9.17, 15) is 5.11 Å². The third kappa shape index (κ3) is 2.96. The van der Waals surface area contributed by atoms with Crippen LogP contribution >= 0.6 is 0 Å². The van der Waals surface area contributed by atoms with Crippen LogP contribution in [0.5, 0.6) is 0 Å². The molecule has 0 aromatic heterocycles. The average molecular weight is 201 g/mol. The number of aliphatic hydroxyl groups is 1. The maximum Gasteiger partial charge on any atom is 0.0720 e. The van der Waals surface area contributed by atoms with E-state index in [0.29, 0.717) is 0 Å². The molecule has 0 bridgehead atoms. The van der Waals surface area contributed by atoms with Gasteiger partial charge in [-0.1, -0.05) is 34.1 Å². The summed E-state index contributed by atoms with van der Waals surface area (Å²) in [6.07, 6.45) is 2.77. The molecular formula is C12H27NO. The third-order valence-electron chi connectivity index (χ3n) is 3.48. The van der Waals surface area contributed by atoms with E-state index in [4.69, 9.17) is 0 Å². The lowest BCUT2D eigenvalue weighted by Crippen LogP contribution is -2.54. The zero-order valence-corrected chi connectivity index (χ0v) is 10.5. The molecule has 2 nitrogen and oxygen atoms in total. The number of rotatable bonds is 7. The average Bonchev–Trinajstić information content (AvgIpc) is 2.19. The van der Waals surface area contributed by atoms with Crippen LogP contribution < -0.4 is 0 Å². The van der Waals surface area contributed by atoms with E-state index in [1.807, 2.05) is 0 Å². The molecular weight excluding hydrogens is 174 g/mol. The summed E-state index contributed by atoms with van der Waals surface area (Å²) in [5.41, 5.74) is -0.0422. The molecule has 0 rings (SSSR count). The van der Waals surface area contributed by atoms with Crippen LogP contribution in [-0.2, 0) is 0 Å². The van der Waals surface area contributed by atoms with Crippen molar-refractivity contribution < 1.29 is 5.11 Å². The summed E-state index contributed by atoms with van der Waals surface area (Å²) < 4.78 is 0. The largest absolute Gasteiger partial charge is 0.391 e. The van der Waals surface area contributed by atoms with E-state index in [-0.39, 0.29) is 11.6 Å². The predicted octanol–water partition coefficient (Wildman–Crippen LogP) is 2.66. The van der Waals surface area contributed by atoms with Crippen LogP contribution in [-0.4, -0.2) is 34.7 Å². The molecule has 0 aliphatic heterocycles. The SMILES string of the molecule is CCCC(O)C(C)(CC)N(CC)CC. The first-order chi connectivity index (χ1) is 6.56. The summed E-state index contributed by atoms with van der Waals surface area (Å²) in [4.78, 5) is 2.37. The Labute approximate surface area is 89.3 Å². The molecule has 0 saturated heterocycles. The van der Waals surface area contributed by atoms with Crippen LogP contribution in [0, 0.1) is 0 Å². The van der Waals surface area contributed by atoms with E-state index in [1.54, 1.807) is 0 Å². The molecule has 0 saturated carbocycles. The Balaban J connectivity index is 4.57. The molecule has 14 heavy (non-hydrogen) atoms. The minimum Gasteiger partial charge on any atom is -0.391 e. The maximum atomic E-state index is 10.2. The lowest BCUT2D eigenvalue weighted by Gasteiger charge is -2.43. The van der Waals surface area contributed by atoms with Gasteiger partial charge in [0.15, 0.2) is 0 Å². The first-order valence-electron chi connectivity index (χ1n) is 5.99. The Morgan fingerprint density at radius 2 is 1.64 bits per heavy atom. The standard InChI is InChI=1S/C12H27NO/c1-6-10-11(14)12(5,7-2)13(8-3)9-4/h11,14H,6-10H2,1-5H3. The van der Waals surface area contributed by atoms with E-state index < -0.39 is 0 Å². The van der Waals surface area contributed by atoms with Gasteiger partial charge >= 0.3 is 0 Å². The lowest BCUT2D eigenvalue weighted by molar-refractivity contribution is -0.0239. The van der Waals surface area contributed by atoms with Gasteiger partial charge in [0.1, 0.15) is 0 Å². The van der Waals surface area contributed by atoms with Crippen molar-refractivity contribution in [1.82, 2.24) is 4.90 Å². The van der Waals surface area contributed by atoms with Crippen LogP contribution in [0.3, 0.4) is 0 Å². The number of likely N-dealkylation sites (N-methyl/N-ethyl adjacent to an activating group) is 1. The minimum atomic E-state index is -0.197. The van der Waals surface area contributed by atoms with E-state index in [0.717, 1.165) is 32.4 Å². The van der Waals surface area contributed by atoms with Crippen molar-refractivity contribution in [3.8, 4) is 0 Å². The lowest BCUT2D eigenvalue weighted by atomic mass is 9.87. The van der Waals surface area contributed by atoms with Crippen molar-refractivity contribution in [2.75, 3.05) is 13.1 Å². The number of nitrogens with zero attached hydrogens (tertiary/aromatic N) is 1. The smallest absolute Gasteiger partial charge is 0.0720 e. The molecule has 0 aromatic carbocycles. The van der Waals surface area contributed by atoms with Gasteiger partial charge in [0.25, 0.3) is 0 Å².